The van der Waals surface area contributed by atoms with Crippen LogP contribution in [0.2, 0.25) is 0 Å². The van der Waals surface area contributed by atoms with Gasteiger partial charge >= 0.3 is 0 Å². The smallest absolute Gasteiger partial charge is 0.0948 e. The van der Waals surface area contributed by atoms with Crippen LogP contribution in [0.3, 0.4) is 0 Å². The summed E-state index contributed by atoms with van der Waals surface area (Å²) >= 11 is 0. The number of para-hydroxylation sites is 1. The van der Waals surface area contributed by atoms with Crippen LogP contribution in [0.15, 0.2) is 61.3 Å². The Morgan fingerprint density at radius 3 is 3.06 bits per heavy atom. The summed E-state index contributed by atoms with van der Waals surface area (Å²) in [6.07, 6.45) is 11.6. The lowest BCUT2D eigenvalue weighted by molar-refractivity contribution is 0.823. The lowest BCUT2D eigenvalue weighted by Gasteiger charge is -1.99. The van der Waals surface area contributed by atoms with Crippen LogP contribution in [0.5, 0.6) is 0 Å². The average Bonchev–Trinajstić information content (AvgIpc) is 2.92. The number of pyridine rings is 1. The fourth-order valence-electron chi connectivity index (χ4n) is 1.88. The van der Waals surface area contributed by atoms with Crippen molar-refractivity contribution < 1.29 is 0 Å². The van der Waals surface area contributed by atoms with E-state index in [-0.39, 0.29) is 0 Å². The number of nitrogens with zero attached hydrogens (tertiary/aromatic N) is 3. The first-order chi connectivity index (χ1) is 8.92. The van der Waals surface area contributed by atoms with Gasteiger partial charge in [0.1, 0.15) is 0 Å². The number of aromatic nitrogens is 3. The molecular formula is C15H13N3. The Hall–Kier alpha value is -2.42. The molecule has 3 rings (SSSR count). The molecule has 0 spiro atoms. The number of hydrogen-bond acceptors (Lipinski definition) is 2. The van der Waals surface area contributed by atoms with E-state index in [2.05, 4.69) is 34.3 Å². The third-order valence-electron chi connectivity index (χ3n) is 2.80. The zero-order valence-corrected chi connectivity index (χ0v) is 9.90. The Morgan fingerprint density at radius 2 is 2.17 bits per heavy atom. The first kappa shape index (κ1) is 10.7. The van der Waals surface area contributed by atoms with Gasteiger partial charge < -0.3 is 4.57 Å². The molecule has 0 aliphatic carbocycles. The maximum absolute atomic E-state index is 4.43. The molecule has 88 valence electrons. The maximum Gasteiger partial charge on any atom is 0.0948 e. The summed E-state index contributed by atoms with van der Waals surface area (Å²) in [4.78, 5) is 8.43. The van der Waals surface area contributed by atoms with Gasteiger partial charge in [0.15, 0.2) is 0 Å². The van der Waals surface area contributed by atoms with Crippen molar-refractivity contribution in [3.05, 3.63) is 66.9 Å². The average molecular weight is 235 g/mol. The van der Waals surface area contributed by atoms with Gasteiger partial charge in [-0.05, 0) is 17.7 Å². The molecule has 0 atom stereocenters. The van der Waals surface area contributed by atoms with E-state index in [9.17, 15) is 0 Å². The van der Waals surface area contributed by atoms with Gasteiger partial charge in [-0.2, -0.15) is 0 Å². The normalized spacial score (nSPS) is 11.3. The summed E-state index contributed by atoms with van der Waals surface area (Å²) in [5.41, 5.74) is 2.15. The van der Waals surface area contributed by atoms with E-state index >= 15 is 0 Å². The Bertz CT molecular complexity index is 669. The molecule has 0 aliphatic rings. The molecule has 0 N–H and O–H groups in total. The topological polar surface area (TPSA) is 30.7 Å². The molecule has 3 aromatic rings. The highest BCUT2D eigenvalue weighted by Gasteiger charge is 1.94. The SMILES string of the molecule is C(=Cc1cnc2ccccc2c1)Cn1ccnc1. The Kier molecular flexibility index (Phi) is 2.88. The van der Waals surface area contributed by atoms with Crippen LogP contribution >= 0.6 is 0 Å². The van der Waals surface area contributed by atoms with Crippen LogP contribution in [-0.2, 0) is 6.54 Å². The highest BCUT2D eigenvalue weighted by Crippen LogP contribution is 2.13. The van der Waals surface area contributed by atoms with Gasteiger partial charge in [0, 0.05) is 30.5 Å². The largest absolute Gasteiger partial charge is 0.334 e. The zero-order valence-electron chi connectivity index (χ0n) is 9.90. The molecule has 18 heavy (non-hydrogen) atoms. The van der Waals surface area contributed by atoms with Crippen molar-refractivity contribution in [1.29, 1.82) is 0 Å². The van der Waals surface area contributed by atoms with Crippen LogP contribution in [0.4, 0.5) is 0 Å². The van der Waals surface area contributed by atoms with Gasteiger partial charge in [-0.25, -0.2) is 4.98 Å². The van der Waals surface area contributed by atoms with E-state index in [1.54, 1.807) is 6.20 Å². The number of allylic oxidation sites excluding steroid dienone is 1. The molecule has 1 aromatic carbocycles. The molecule has 2 heterocycles. The number of rotatable bonds is 3. The monoisotopic (exact) mass is 235 g/mol. The molecule has 0 amide bonds. The van der Waals surface area contributed by atoms with Crippen molar-refractivity contribution in [2.75, 3.05) is 0 Å². The van der Waals surface area contributed by atoms with Crippen molar-refractivity contribution in [3.8, 4) is 0 Å². The lowest BCUT2D eigenvalue weighted by Crippen LogP contribution is -1.89. The number of benzene rings is 1. The predicted octanol–water partition coefficient (Wildman–Crippen LogP) is 3.14. The summed E-state index contributed by atoms with van der Waals surface area (Å²) in [5.74, 6) is 0. The van der Waals surface area contributed by atoms with Gasteiger partial charge in [-0.1, -0.05) is 30.4 Å². The minimum Gasteiger partial charge on any atom is -0.334 e. The summed E-state index contributed by atoms with van der Waals surface area (Å²) in [5, 5.41) is 1.17. The van der Waals surface area contributed by atoms with Gasteiger partial charge in [0.2, 0.25) is 0 Å². The summed E-state index contributed by atoms with van der Waals surface area (Å²) in [6.45, 7) is 0.826. The second-order valence-electron chi connectivity index (χ2n) is 4.12. The van der Waals surface area contributed by atoms with Gasteiger partial charge in [0.05, 0.1) is 11.8 Å². The minimum atomic E-state index is 0.826. The van der Waals surface area contributed by atoms with Crippen LogP contribution in [-0.4, -0.2) is 14.5 Å². The van der Waals surface area contributed by atoms with E-state index in [0.29, 0.717) is 0 Å². The number of imidazole rings is 1. The first-order valence-electron chi connectivity index (χ1n) is 5.89. The van der Waals surface area contributed by atoms with E-state index in [4.69, 9.17) is 0 Å². The van der Waals surface area contributed by atoms with Crippen molar-refractivity contribution in [2.24, 2.45) is 0 Å². The van der Waals surface area contributed by atoms with Gasteiger partial charge in [-0.15, -0.1) is 0 Å². The summed E-state index contributed by atoms with van der Waals surface area (Å²) in [6, 6.07) is 10.3. The minimum absolute atomic E-state index is 0.826. The maximum atomic E-state index is 4.43. The van der Waals surface area contributed by atoms with E-state index < -0.39 is 0 Å². The second-order valence-corrected chi connectivity index (χ2v) is 4.12. The van der Waals surface area contributed by atoms with Crippen LogP contribution < -0.4 is 0 Å². The molecular weight excluding hydrogens is 222 g/mol. The van der Waals surface area contributed by atoms with E-state index in [0.717, 1.165) is 17.6 Å². The molecule has 3 nitrogen and oxygen atoms in total. The highest BCUT2D eigenvalue weighted by atomic mass is 15.0. The molecule has 0 saturated carbocycles. The molecule has 0 saturated heterocycles. The van der Waals surface area contributed by atoms with Gasteiger partial charge in [0.25, 0.3) is 0 Å². The summed E-state index contributed by atoms with van der Waals surface area (Å²) in [7, 11) is 0. The quantitative estimate of drug-likeness (QED) is 0.698. The zero-order chi connectivity index (χ0) is 12.2. The summed E-state index contributed by atoms with van der Waals surface area (Å²) < 4.78 is 2.02. The molecule has 2 aromatic heterocycles. The van der Waals surface area contributed by atoms with Crippen molar-refractivity contribution in [2.45, 2.75) is 6.54 Å². The predicted molar refractivity (Wildman–Crippen MR) is 73.0 cm³/mol. The Labute approximate surface area is 105 Å². The molecule has 0 unspecified atom stereocenters. The fourth-order valence-corrected chi connectivity index (χ4v) is 1.88. The van der Waals surface area contributed by atoms with Gasteiger partial charge in [-0.3, -0.25) is 4.98 Å². The van der Waals surface area contributed by atoms with E-state index in [1.807, 2.05) is 41.5 Å². The van der Waals surface area contributed by atoms with Crippen LogP contribution in [0.25, 0.3) is 17.0 Å². The fraction of sp³-hybridized carbons (Fsp3) is 0.0667. The van der Waals surface area contributed by atoms with Crippen LogP contribution in [0.1, 0.15) is 5.56 Å². The second kappa shape index (κ2) is 4.84. The van der Waals surface area contributed by atoms with Crippen LogP contribution in [0, 0.1) is 0 Å². The first-order valence-corrected chi connectivity index (χ1v) is 5.89. The molecule has 0 bridgehead atoms. The van der Waals surface area contributed by atoms with Crippen molar-refractivity contribution in [3.63, 3.8) is 0 Å². The standard InChI is InChI=1S/C15H13N3/c1-2-6-15-14(5-1)10-13(11-17-15)4-3-8-18-9-7-16-12-18/h1-7,9-12H,8H2. The third kappa shape index (κ3) is 2.30. The third-order valence-corrected chi connectivity index (χ3v) is 2.80. The van der Waals surface area contributed by atoms with Crippen molar-refractivity contribution in [1.82, 2.24) is 14.5 Å². The molecule has 0 radical (unpaired) electrons. The molecule has 0 fully saturated rings. The van der Waals surface area contributed by atoms with E-state index in [1.165, 1.54) is 5.39 Å². The molecule has 0 aliphatic heterocycles. The van der Waals surface area contributed by atoms with Crippen molar-refractivity contribution >= 4 is 17.0 Å². The molecule has 3 heteroatoms. The Balaban J connectivity index is 1.80. The highest BCUT2D eigenvalue weighted by molar-refractivity contribution is 5.80. The number of fused-ring (bicyclic) bond motifs is 1. The Morgan fingerprint density at radius 1 is 1.22 bits per heavy atom. The lowest BCUT2D eigenvalue weighted by atomic mass is 10.1. The number of hydrogen-bond donors (Lipinski definition) is 0.